The molecular formula is C10H13N6O3P. The van der Waals surface area contributed by atoms with Crippen molar-refractivity contribution < 1.29 is 14.2 Å². The van der Waals surface area contributed by atoms with E-state index in [4.69, 9.17) is 10.5 Å². The highest BCUT2D eigenvalue weighted by molar-refractivity contribution is 7.61. The second kappa shape index (κ2) is 5.03. The van der Waals surface area contributed by atoms with E-state index >= 15 is 0 Å². The quantitative estimate of drug-likeness (QED) is 0.561. The number of hydrogen-bond donors (Lipinski definition) is 2. The molecule has 20 heavy (non-hydrogen) atoms. The van der Waals surface area contributed by atoms with Crippen molar-refractivity contribution in [1.82, 2.24) is 20.0 Å². The fourth-order valence-electron chi connectivity index (χ4n) is 1.57. The first-order chi connectivity index (χ1) is 9.44. The lowest BCUT2D eigenvalue weighted by Crippen LogP contribution is -2.37. The highest BCUT2D eigenvalue weighted by Gasteiger charge is 2.43. The molecule has 0 aliphatic carbocycles. The summed E-state index contributed by atoms with van der Waals surface area (Å²) in [6, 6.07) is 1.54. The van der Waals surface area contributed by atoms with Crippen LogP contribution in [-0.2, 0) is 4.57 Å². The molecule has 2 heterocycles. The molecular weight excluding hydrogens is 283 g/mol. The molecule has 0 radical (unpaired) electrons. The third-order valence-electron chi connectivity index (χ3n) is 3.04. The fraction of sp³-hybridized carbons (Fsp3) is 0.600. The Hall–Kier alpha value is -2.25. The Balaban J connectivity index is 1.91. The molecule has 2 saturated heterocycles. The number of carbonyl (C=O) groups excluding carboxylic acids is 2. The molecule has 0 aromatic carbocycles. The molecule has 9 nitrogen and oxygen atoms in total. The van der Waals surface area contributed by atoms with Crippen LogP contribution in [0.5, 0.6) is 0 Å². The van der Waals surface area contributed by atoms with Crippen molar-refractivity contribution in [2.24, 2.45) is 0 Å². The number of urea groups is 2. The molecule has 0 spiro atoms. The summed E-state index contributed by atoms with van der Waals surface area (Å²) in [4.78, 5) is 25.8. The average Bonchev–Trinajstić information content (AvgIpc) is 3.29. The molecule has 10 heteroatoms. The largest absolute Gasteiger partial charge is 0.325 e. The van der Waals surface area contributed by atoms with Crippen LogP contribution in [-0.4, -0.2) is 53.2 Å². The lowest BCUT2D eigenvalue weighted by atomic mass is 10.5. The van der Waals surface area contributed by atoms with Gasteiger partial charge in [0, 0.05) is 6.16 Å². The summed E-state index contributed by atoms with van der Waals surface area (Å²) < 4.78 is 12.4. The Morgan fingerprint density at radius 3 is 1.80 bits per heavy atom. The summed E-state index contributed by atoms with van der Waals surface area (Å²) in [5.74, 6) is 0. The minimum atomic E-state index is -3.42. The van der Waals surface area contributed by atoms with Crippen LogP contribution in [0.2, 0.25) is 0 Å². The molecule has 2 unspecified atom stereocenters. The van der Waals surface area contributed by atoms with E-state index in [9.17, 15) is 14.2 Å². The first kappa shape index (κ1) is 14.2. The van der Waals surface area contributed by atoms with Gasteiger partial charge in [-0.25, -0.2) is 9.59 Å². The number of hydrogen-bond acceptors (Lipinski definition) is 5. The fourth-order valence-corrected chi connectivity index (χ4v) is 2.82. The second-order valence-electron chi connectivity index (χ2n) is 4.48. The van der Waals surface area contributed by atoms with Crippen molar-refractivity contribution in [3.63, 3.8) is 0 Å². The summed E-state index contributed by atoms with van der Waals surface area (Å²) in [6.07, 6.45) is 0.0423. The average molecular weight is 296 g/mol. The Bertz CT molecular complexity index is 533. The number of nitrogens with one attached hydrogen (secondary N) is 2. The molecule has 2 N–H and O–H groups in total. The standard InChI is InChI=1S/C10H13N6O3P/c1-2-20(19,13-9(17)15-5-7(15)3-11)14-10(18)16-6-8(16)4-12/h7-8H,2,5-6H2,1H3,(H2,13,14,17,18,19). The smallest absolute Gasteiger partial charge is 0.303 e. The van der Waals surface area contributed by atoms with Crippen molar-refractivity contribution in [3.05, 3.63) is 0 Å². The zero-order chi connectivity index (χ0) is 14.9. The highest BCUT2D eigenvalue weighted by atomic mass is 31.2. The second-order valence-corrected chi connectivity index (χ2v) is 7.04. The van der Waals surface area contributed by atoms with Gasteiger partial charge in [0.05, 0.1) is 25.2 Å². The highest BCUT2D eigenvalue weighted by Crippen LogP contribution is 2.37. The maximum atomic E-state index is 12.4. The van der Waals surface area contributed by atoms with Crippen molar-refractivity contribution in [3.8, 4) is 12.1 Å². The summed E-state index contributed by atoms with van der Waals surface area (Å²) in [5, 5.41) is 21.8. The maximum absolute atomic E-state index is 12.4. The number of nitriles is 2. The van der Waals surface area contributed by atoms with Crippen LogP contribution < -0.4 is 10.2 Å². The summed E-state index contributed by atoms with van der Waals surface area (Å²) in [5.41, 5.74) is 0. The number of rotatable bonds is 3. The zero-order valence-electron chi connectivity index (χ0n) is 10.7. The van der Waals surface area contributed by atoms with Crippen molar-refractivity contribution in [2.75, 3.05) is 19.3 Å². The summed E-state index contributed by atoms with van der Waals surface area (Å²) in [6.45, 7) is 2.15. The Morgan fingerprint density at radius 2 is 1.55 bits per heavy atom. The van der Waals surface area contributed by atoms with Crippen LogP contribution in [0.25, 0.3) is 0 Å². The molecule has 4 amide bonds. The van der Waals surface area contributed by atoms with Crippen LogP contribution in [0.15, 0.2) is 0 Å². The van der Waals surface area contributed by atoms with Gasteiger partial charge < -0.3 is 9.80 Å². The molecule has 2 aliphatic heterocycles. The van der Waals surface area contributed by atoms with Crippen LogP contribution >= 0.6 is 7.44 Å². The maximum Gasteiger partial charge on any atom is 0.325 e. The van der Waals surface area contributed by atoms with E-state index in [0.717, 1.165) is 0 Å². The van der Waals surface area contributed by atoms with E-state index in [-0.39, 0.29) is 6.16 Å². The van der Waals surface area contributed by atoms with Crippen LogP contribution in [0, 0.1) is 22.7 Å². The number of nitrogens with zero attached hydrogens (tertiary/aromatic N) is 4. The third kappa shape index (κ3) is 2.84. The Labute approximate surface area is 115 Å². The topological polar surface area (TPSA) is 129 Å². The predicted octanol–water partition coefficient (Wildman–Crippen LogP) is 0.0342. The molecule has 0 aromatic rings. The van der Waals surface area contributed by atoms with E-state index in [1.54, 1.807) is 6.92 Å². The van der Waals surface area contributed by atoms with E-state index in [0.29, 0.717) is 13.1 Å². The Kier molecular flexibility index (Phi) is 3.56. The molecule has 2 aliphatic rings. The van der Waals surface area contributed by atoms with Crippen molar-refractivity contribution >= 4 is 19.5 Å². The third-order valence-corrected chi connectivity index (χ3v) is 5.04. The monoisotopic (exact) mass is 296 g/mol. The van der Waals surface area contributed by atoms with Crippen molar-refractivity contribution in [1.29, 1.82) is 10.5 Å². The van der Waals surface area contributed by atoms with Crippen molar-refractivity contribution in [2.45, 2.75) is 19.0 Å². The number of amides is 4. The SMILES string of the molecule is CCP(=O)(NC(=O)N1CC1C#N)NC(=O)N1CC1C#N. The predicted molar refractivity (Wildman–Crippen MR) is 67.4 cm³/mol. The first-order valence-electron chi connectivity index (χ1n) is 6.00. The first-order valence-corrected chi connectivity index (χ1v) is 7.89. The van der Waals surface area contributed by atoms with Gasteiger partial charge >= 0.3 is 12.1 Å². The molecule has 0 bridgehead atoms. The van der Waals surface area contributed by atoms with Gasteiger partial charge in [0.2, 0.25) is 0 Å². The van der Waals surface area contributed by atoms with Gasteiger partial charge in [-0.2, -0.15) is 10.5 Å². The lowest BCUT2D eigenvalue weighted by molar-refractivity contribution is 0.232. The van der Waals surface area contributed by atoms with Gasteiger partial charge in [0.1, 0.15) is 12.1 Å². The number of carbonyl (C=O) groups is 2. The van der Waals surface area contributed by atoms with Crippen LogP contribution in [0.3, 0.4) is 0 Å². The van der Waals surface area contributed by atoms with Crippen LogP contribution in [0.4, 0.5) is 9.59 Å². The van der Waals surface area contributed by atoms with E-state index in [2.05, 4.69) is 10.2 Å². The van der Waals surface area contributed by atoms with Gasteiger partial charge in [0.25, 0.3) is 7.44 Å². The zero-order valence-corrected chi connectivity index (χ0v) is 11.6. The van der Waals surface area contributed by atoms with Gasteiger partial charge in [-0.05, 0) is 0 Å². The van der Waals surface area contributed by atoms with Gasteiger partial charge in [-0.15, -0.1) is 0 Å². The van der Waals surface area contributed by atoms with Gasteiger partial charge in [-0.1, -0.05) is 6.92 Å². The summed E-state index contributed by atoms with van der Waals surface area (Å²) in [7, 11) is -3.42. The molecule has 106 valence electrons. The van der Waals surface area contributed by atoms with E-state index < -0.39 is 31.6 Å². The normalized spacial score (nSPS) is 25.8. The molecule has 0 aromatic heterocycles. The van der Waals surface area contributed by atoms with Crippen LogP contribution in [0.1, 0.15) is 6.92 Å². The summed E-state index contributed by atoms with van der Waals surface area (Å²) >= 11 is 0. The molecule has 0 saturated carbocycles. The lowest BCUT2D eigenvalue weighted by Gasteiger charge is -2.19. The van der Waals surface area contributed by atoms with Gasteiger partial charge in [0.15, 0.2) is 0 Å². The minimum Gasteiger partial charge on any atom is -0.303 e. The van der Waals surface area contributed by atoms with E-state index in [1.165, 1.54) is 9.80 Å². The molecule has 2 fully saturated rings. The molecule has 2 rings (SSSR count). The van der Waals surface area contributed by atoms with Gasteiger partial charge in [-0.3, -0.25) is 14.7 Å². The van der Waals surface area contributed by atoms with E-state index in [1.807, 2.05) is 12.1 Å². The minimum absolute atomic E-state index is 0.0423. The molecule has 2 atom stereocenters. The Morgan fingerprint density at radius 1 is 1.15 bits per heavy atom.